The maximum atomic E-state index is 12.7. The minimum Gasteiger partial charge on any atom is -0.294 e. The molecule has 25 heavy (non-hydrogen) atoms. The molecule has 0 spiro atoms. The summed E-state index contributed by atoms with van der Waals surface area (Å²) >= 11 is 0. The molecule has 3 aromatic rings. The maximum absolute atomic E-state index is 12.7. The predicted molar refractivity (Wildman–Crippen MR) is 104 cm³/mol. The summed E-state index contributed by atoms with van der Waals surface area (Å²) < 4.78 is 0. The number of Topliss-reactive ketones (excluding diaryl/α,β-unsaturated/α-hetero) is 1. The molecular weight excluding hydrogens is 304 g/mol. The van der Waals surface area contributed by atoms with Crippen molar-refractivity contribution in [1.29, 1.82) is 0 Å². The van der Waals surface area contributed by atoms with Crippen LogP contribution in [0.5, 0.6) is 0 Å². The monoisotopic (exact) mass is 324 g/mol. The molecule has 0 atom stereocenters. The lowest BCUT2D eigenvalue weighted by molar-refractivity contribution is 0.0972. The quantitative estimate of drug-likeness (QED) is 0.557. The fourth-order valence-electron chi connectivity index (χ4n) is 3.58. The maximum Gasteiger partial charge on any atom is 0.163 e. The first kappa shape index (κ1) is 15.6. The zero-order valence-electron chi connectivity index (χ0n) is 14.1. The number of fused-ring (bicyclic) bond motifs is 1. The Bertz CT molecular complexity index is 921. The van der Waals surface area contributed by atoms with Gasteiger partial charge in [0.15, 0.2) is 5.78 Å². The second kappa shape index (κ2) is 6.90. The number of hydrogen-bond donors (Lipinski definition) is 0. The SMILES string of the molecule is O=C1CCCc2cccc(/C(=C/c3ccccc3)c3ccccc3)c21. The van der Waals surface area contributed by atoms with Crippen molar-refractivity contribution < 1.29 is 4.79 Å². The lowest BCUT2D eigenvalue weighted by atomic mass is 9.83. The summed E-state index contributed by atoms with van der Waals surface area (Å²) in [7, 11) is 0. The first-order chi connectivity index (χ1) is 12.3. The van der Waals surface area contributed by atoms with Crippen LogP contribution in [-0.2, 0) is 6.42 Å². The molecule has 1 aliphatic rings. The van der Waals surface area contributed by atoms with Crippen LogP contribution in [0, 0.1) is 0 Å². The Kier molecular flexibility index (Phi) is 4.30. The average Bonchev–Trinajstić information content (AvgIpc) is 2.67. The fraction of sp³-hybridized carbons (Fsp3) is 0.125. The summed E-state index contributed by atoms with van der Waals surface area (Å²) in [6, 6.07) is 26.9. The summed E-state index contributed by atoms with van der Waals surface area (Å²) in [5.41, 5.74) is 6.54. The van der Waals surface area contributed by atoms with E-state index in [1.165, 1.54) is 5.56 Å². The third kappa shape index (κ3) is 3.18. The number of rotatable bonds is 3. The molecule has 1 nitrogen and oxygen atoms in total. The first-order valence-electron chi connectivity index (χ1n) is 8.80. The highest BCUT2D eigenvalue weighted by Gasteiger charge is 2.22. The Morgan fingerprint density at radius 2 is 1.48 bits per heavy atom. The van der Waals surface area contributed by atoms with Crippen molar-refractivity contribution in [2.75, 3.05) is 0 Å². The molecule has 0 radical (unpaired) electrons. The Labute approximate surface area is 148 Å². The van der Waals surface area contributed by atoms with Crippen LogP contribution < -0.4 is 0 Å². The Hall–Kier alpha value is -2.93. The number of aryl methyl sites for hydroxylation is 1. The molecule has 0 amide bonds. The minimum absolute atomic E-state index is 0.270. The van der Waals surface area contributed by atoms with Gasteiger partial charge in [0.05, 0.1) is 0 Å². The van der Waals surface area contributed by atoms with E-state index in [0.717, 1.165) is 40.7 Å². The Balaban J connectivity index is 1.94. The van der Waals surface area contributed by atoms with Crippen LogP contribution in [-0.4, -0.2) is 5.78 Å². The van der Waals surface area contributed by atoms with Gasteiger partial charge < -0.3 is 0 Å². The highest BCUT2D eigenvalue weighted by molar-refractivity contribution is 6.06. The van der Waals surface area contributed by atoms with Crippen LogP contribution in [0.1, 0.15) is 45.5 Å². The summed E-state index contributed by atoms with van der Waals surface area (Å²) in [6.45, 7) is 0. The van der Waals surface area contributed by atoms with E-state index in [1.807, 2.05) is 36.4 Å². The van der Waals surface area contributed by atoms with Crippen LogP contribution in [0.25, 0.3) is 11.6 Å². The standard InChI is InChI=1S/C24H20O/c25-23-16-8-14-20-13-7-15-21(24(20)23)22(19-11-5-2-6-12-19)17-18-9-3-1-4-10-18/h1-7,9-13,15,17H,8,14,16H2/b22-17+. The molecule has 0 aromatic heterocycles. The highest BCUT2D eigenvalue weighted by Crippen LogP contribution is 2.33. The van der Waals surface area contributed by atoms with Gasteiger partial charge in [0.1, 0.15) is 0 Å². The molecule has 122 valence electrons. The van der Waals surface area contributed by atoms with Crippen molar-refractivity contribution in [3.63, 3.8) is 0 Å². The third-order valence-corrected chi connectivity index (χ3v) is 4.77. The van der Waals surface area contributed by atoms with E-state index in [4.69, 9.17) is 0 Å². The predicted octanol–water partition coefficient (Wildman–Crippen LogP) is 5.79. The molecule has 4 rings (SSSR count). The van der Waals surface area contributed by atoms with E-state index in [0.29, 0.717) is 6.42 Å². The molecule has 0 aliphatic heterocycles. The Morgan fingerprint density at radius 1 is 0.760 bits per heavy atom. The van der Waals surface area contributed by atoms with Gasteiger partial charge in [-0.1, -0.05) is 78.9 Å². The molecule has 0 unspecified atom stereocenters. The van der Waals surface area contributed by atoms with Crippen LogP contribution in [0.3, 0.4) is 0 Å². The van der Waals surface area contributed by atoms with E-state index in [2.05, 4.69) is 48.5 Å². The third-order valence-electron chi connectivity index (χ3n) is 4.77. The van der Waals surface area contributed by atoms with Crippen molar-refractivity contribution in [2.45, 2.75) is 19.3 Å². The van der Waals surface area contributed by atoms with Gasteiger partial charge in [0.2, 0.25) is 0 Å². The van der Waals surface area contributed by atoms with Gasteiger partial charge >= 0.3 is 0 Å². The second-order valence-electron chi connectivity index (χ2n) is 6.45. The molecule has 0 fully saturated rings. The van der Waals surface area contributed by atoms with Gasteiger partial charge in [-0.2, -0.15) is 0 Å². The number of ketones is 1. The molecule has 0 N–H and O–H groups in total. The second-order valence-corrected chi connectivity index (χ2v) is 6.45. The zero-order chi connectivity index (χ0) is 17.1. The van der Waals surface area contributed by atoms with Crippen LogP contribution in [0.2, 0.25) is 0 Å². The van der Waals surface area contributed by atoms with E-state index in [9.17, 15) is 4.79 Å². The van der Waals surface area contributed by atoms with Crippen LogP contribution in [0.4, 0.5) is 0 Å². The van der Waals surface area contributed by atoms with Crippen molar-refractivity contribution in [3.05, 3.63) is 107 Å². The van der Waals surface area contributed by atoms with Crippen molar-refractivity contribution >= 4 is 17.4 Å². The normalized spacial score (nSPS) is 14.2. The molecule has 1 aliphatic carbocycles. The van der Waals surface area contributed by atoms with E-state index in [1.54, 1.807) is 0 Å². The van der Waals surface area contributed by atoms with Gasteiger partial charge in [-0.3, -0.25) is 4.79 Å². The van der Waals surface area contributed by atoms with E-state index in [-0.39, 0.29) is 5.78 Å². The number of benzene rings is 3. The van der Waals surface area contributed by atoms with Crippen molar-refractivity contribution in [2.24, 2.45) is 0 Å². The van der Waals surface area contributed by atoms with Crippen molar-refractivity contribution in [3.8, 4) is 0 Å². The van der Waals surface area contributed by atoms with Gasteiger partial charge in [0.25, 0.3) is 0 Å². The zero-order valence-corrected chi connectivity index (χ0v) is 14.1. The summed E-state index contributed by atoms with van der Waals surface area (Å²) in [4.78, 5) is 12.7. The van der Waals surface area contributed by atoms with Crippen LogP contribution in [0.15, 0.2) is 78.9 Å². The summed E-state index contributed by atoms with van der Waals surface area (Å²) in [5.74, 6) is 0.270. The van der Waals surface area contributed by atoms with Crippen molar-refractivity contribution in [1.82, 2.24) is 0 Å². The van der Waals surface area contributed by atoms with Gasteiger partial charge in [-0.25, -0.2) is 0 Å². The molecule has 3 aromatic carbocycles. The minimum atomic E-state index is 0.270. The van der Waals surface area contributed by atoms with Gasteiger partial charge in [0, 0.05) is 12.0 Å². The topological polar surface area (TPSA) is 17.1 Å². The lowest BCUT2D eigenvalue weighted by Crippen LogP contribution is -2.13. The first-order valence-corrected chi connectivity index (χ1v) is 8.80. The molecule has 1 heteroatoms. The summed E-state index contributed by atoms with van der Waals surface area (Å²) in [5, 5.41) is 0. The van der Waals surface area contributed by atoms with E-state index < -0.39 is 0 Å². The average molecular weight is 324 g/mol. The number of hydrogen-bond acceptors (Lipinski definition) is 1. The fourth-order valence-corrected chi connectivity index (χ4v) is 3.58. The molecule has 0 saturated carbocycles. The van der Waals surface area contributed by atoms with Gasteiger partial charge in [-0.05, 0) is 46.7 Å². The lowest BCUT2D eigenvalue weighted by Gasteiger charge is -2.20. The highest BCUT2D eigenvalue weighted by atomic mass is 16.1. The van der Waals surface area contributed by atoms with Gasteiger partial charge in [-0.15, -0.1) is 0 Å². The van der Waals surface area contributed by atoms with E-state index >= 15 is 0 Å². The molecule has 0 saturated heterocycles. The largest absolute Gasteiger partial charge is 0.294 e. The molecule has 0 bridgehead atoms. The number of carbonyl (C=O) groups excluding carboxylic acids is 1. The molecule has 0 heterocycles. The molecular formula is C24H20O. The summed E-state index contributed by atoms with van der Waals surface area (Å²) in [6.07, 6.45) is 4.78. The smallest absolute Gasteiger partial charge is 0.163 e. The van der Waals surface area contributed by atoms with Crippen LogP contribution >= 0.6 is 0 Å². The number of carbonyl (C=O) groups is 1. The Morgan fingerprint density at radius 3 is 2.24 bits per heavy atom.